The van der Waals surface area contributed by atoms with E-state index < -0.39 is 5.97 Å². The lowest BCUT2D eigenvalue weighted by Crippen LogP contribution is -2.48. The van der Waals surface area contributed by atoms with Gasteiger partial charge >= 0.3 is 11.9 Å². The van der Waals surface area contributed by atoms with Crippen LogP contribution in [-0.2, 0) is 14.3 Å². The van der Waals surface area contributed by atoms with Gasteiger partial charge in [-0.15, -0.1) is 0 Å². The van der Waals surface area contributed by atoms with Gasteiger partial charge in [0.25, 0.3) is 5.56 Å². The summed E-state index contributed by atoms with van der Waals surface area (Å²) in [5, 5.41) is 0.840. The molecule has 7 nitrogen and oxygen atoms in total. The van der Waals surface area contributed by atoms with Crippen LogP contribution in [-0.4, -0.2) is 52.7 Å². The number of rotatable bonds is 6. The van der Waals surface area contributed by atoms with Gasteiger partial charge in [-0.2, -0.15) is 0 Å². The van der Waals surface area contributed by atoms with E-state index >= 15 is 0 Å². The van der Waals surface area contributed by atoms with Crippen LogP contribution in [0.25, 0.3) is 10.9 Å². The quantitative estimate of drug-likeness (QED) is 0.660. The summed E-state index contributed by atoms with van der Waals surface area (Å²) in [5.74, 6) is -0.770. The molecule has 3 atom stereocenters. The normalized spacial score (nSPS) is 23.3. The van der Waals surface area contributed by atoms with Crippen LogP contribution < -0.4 is 5.56 Å². The third-order valence-electron chi connectivity index (χ3n) is 6.41. The number of pyridine rings is 1. The van der Waals surface area contributed by atoms with E-state index in [1.54, 1.807) is 17.6 Å². The summed E-state index contributed by atoms with van der Waals surface area (Å²) in [4.78, 5) is 40.2. The molecule has 0 amide bonds. The molecular formula is C24H30N2O5. The highest BCUT2D eigenvalue weighted by atomic mass is 16.5. The molecule has 166 valence electrons. The lowest BCUT2D eigenvalue weighted by atomic mass is 9.99. The molecule has 1 unspecified atom stereocenters. The van der Waals surface area contributed by atoms with Crippen molar-refractivity contribution in [3.63, 3.8) is 0 Å². The van der Waals surface area contributed by atoms with E-state index in [4.69, 9.17) is 9.47 Å². The maximum Gasteiger partial charge on any atom is 0.344 e. The summed E-state index contributed by atoms with van der Waals surface area (Å²) in [7, 11) is 0. The highest BCUT2D eigenvalue weighted by Crippen LogP contribution is 2.37. The van der Waals surface area contributed by atoms with E-state index in [2.05, 4.69) is 4.90 Å². The highest BCUT2D eigenvalue weighted by Gasteiger charge is 2.43. The van der Waals surface area contributed by atoms with Crippen molar-refractivity contribution in [2.24, 2.45) is 0 Å². The minimum atomic E-state index is -0.562. The van der Waals surface area contributed by atoms with Crippen LogP contribution in [0.1, 0.15) is 62.9 Å². The minimum Gasteiger partial charge on any atom is -0.465 e. The number of carbonyl (C=O) groups excluding carboxylic acids is 2. The summed E-state index contributed by atoms with van der Waals surface area (Å²) < 4.78 is 12.6. The van der Waals surface area contributed by atoms with E-state index in [-0.39, 0.29) is 47.9 Å². The van der Waals surface area contributed by atoms with E-state index in [0.29, 0.717) is 19.4 Å². The first-order valence-electron chi connectivity index (χ1n) is 11.2. The largest absolute Gasteiger partial charge is 0.465 e. The van der Waals surface area contributed by atoms with E-state index in [0.717, 1.165) is 23.7 Å². The van der Waals surface area contributed by atoms with E-state index in [9.17, 15) is 14.4 Å². The zero-order valence-corrected chi connectivity index (χ0v) is 18.4. The van der Waals surface area contributed by atoms with E-state index in [1.807, 2.05) is 38.1 Å². The molecule has 31 heavy (non-hydrogen) atoms. The zero-order chi connectivity index (χ0) is 22.1. The molecule has 4 rings (SSSR count). The molecule has 0 aliphatic carbocycles. The fourth-order valence-corrected chi connectivity index (χ4v) is 5.09. The summed E-state index contributed by atoms with van der Waals surface area (Å²) in [6, 6.07) is 9.54. The second-order valence-corrected chi connectivity index (χ2v) is 8.75. The van der Waals surface area contributed by atoms with Gasteiger partial charge in [0, 0.05) is 31.0 Å². The summed E-state index contributed by atoms with van der Waals surface area (Å²) in [5.41, 5.74) is 0.569. The number of para-hydroxylation sites is 1. The molecule has 0 N–H and O–H groups in total. The van der Waals surface area contributed by atoms with Crippen LogP contribution >= 0.6 is 0 Å². The molecule has 1 aromatic carbocycles. The van der Waals surface area contributed by atoms with Crippen LogP contribution in [0.5, 0.6) is 0 Å². The van der Waals surface area contributed by atoms with E-state index in [1.165, 1.54) is 0 Å². The molecule has 3 heterocycles. The molecule has 2 fully saturated rings. The average molecular weight is 427 g/mol. The maximum atomic E-state index is 13.1. The van der Waals surface area contributed by atoms with Crippen molar-refractivity contribution in [3.05, 3.63) is 46.2 Å². The molecule has 2 saturated heterocycles. The first-order valence-corrected chi connectivity index (χ1v) is 11.2. The van der Waals surface area contributed by atoms with Gasteiger partial charge in [-0.3, -0.25) is 14.5 Å². The molecule has 7 heteroatoms. The van der Waals surface area contributed by atoms with Gasteiger partial charge in [-0.1, -0.05) is 18.2 Å². The predicted octanol–water partition coefficient (Wildman–Crippen LogP) is 3.30. The van der Waals surface area contributed by atoms with Gasteiger partial charge in [0.2, 0.25) is 0 Å². The molecule has 0 spiro atoms. The van der Waals surface area contributed by atoms with Gasteiger partial charge < -0.3 is 14.0 Å². The number of piperidine rings is 1. The number of ether oxygens (including phenoxy) is 2. The fraction of sp³-hybridized carbons (Fsp3) is 0.542. The third kappa shape index (κ3) is 4.24. The van der Waals surface area contributed by atoms with Crippen molar-refractivity contribution in [2.75, 3.05) is 13.2 Å². The first kappa shape index (κ1) is 21.6. The Bertz CT molecular complexity index is 1030. The predicted molar refractivity (Wildman–Crippen MR) is 117 cm³/mol. The molecule has 0 radical (unpaired) electrons. The highest BCUT2D eigenvalue weighted by molar-refractivity contribution is 5.94. The topological polar surface area (TPSA) is 77.8 Å². The van der Waals surface area contributed by atoms with Crippen LogP contribution in [0.2, 0.25) is 0 Å². The number of nitrogens with zero attached hydrogens (tertiary/aromatic N) is 2. The van der Waals surface area contributed by atoms with Gasteiger partial charge in [-0.25, -0.2) is 4.79 Å². The second kappa shape index (κ2) is 8.83. The number of hydrogen-bond donors (Lipinski definition) is 0. The van der Waals surface area contributed by atoms with Crippen LogP contribution in [0.3, 0.4) is 0 Å². The molecule has 2 aromatic rings. The smallest absolute Gasteiger partial charge is 0.344 e. The Morgan fingerprint density at radius 2 is 1.81 bits per heavy atom. The molecular weight excluding hydrogens is 396 g/mol. The van der Waals surface area contributed by atoms with Crippen LogP contribution in [0.4, 0.5) is 0 Å². The van der Waals surface area contributed by atoms with Crippen molar-refractivity contribution in [1.29, 1.82) is 0 Å². The molecule has 0 saturated carbocycles. The van der Waals surface area contributed by atoms with Crippen molar-refractivity contribution in [1.82, 2.24) is 9.47 Å². The molecule has 2 bridgehead atoms. The third-order valence-corrected chi connectivity index (χ3v) is 6.41. The van der Waals surface area contributed by atoms with Crippen molar-refractivity contribution in [2.45, 2.75) is 70.7 Å². The molecule has 2 aliphatic rings. The van der Waals surface area contributed by atoms with Crippen molar-refractivity contribution < 1.29 is 19.1 Å². The number of aromatic nitrogens is 1. The zero-order valence-electron chi connectivity index (χ0n) is 18.4. The first-order chi connectivity index (χ1) is 14.9. The Morgan fingerprint density at radius 1 is 1.13 bits per heavy atom. The van der Waals surface area contributed by atoms with Crippen LogP contribution in [0.15, 0.2) is 35.1 Å². The summed E-state index contributed by atoms with van der Waals surface area (Å²) >= 11 is 0. The summed E-state index contributed by atoms with van der Waals surface area (Å²) in [6.45, 7) is 6.33. The van der Waals surface area contributed by atoms with Crippen molar-refractivity contribution in [3.8, 4) is 0 Å². The van der Waals surface area contributed by atoms with Gasteiger partial charge in [0.05, 0.1) is 18.7 Å². The number of benzene rings is 1. The lowest BCUT2D eigenvalue weighted by Gasteiger charge is -2.37. The number of fused-ring (bicyclic) bond motifs is 3. The Kier molecular flexibility index (Phi) is 6.14. The Balaban J connectivity index is 1.51. The fourth-order valence-electron chi connectivity index (χ4n) is 5.09. The average Bonchev–Trinajstić information content (AvgIpc) is 2.95. The second-order valence-electron chi connectivity index (χ2n) is 8.75. The molecule has 2 aliphatic heterocycles. The van der Waals surface area contributed by atoms with Crippen molar-refractivity contribution >= 4 is 22.8 Å². The van der Waals surface area contributed by atoms with Gasteiger partial charge in [0.1, 0.15) is 11.7 Å². The SMILES string of the molecule is CCOC(=O)CN1[C@@H]2CC[C@H]1CC(OC(=O)c1cc3ccccc3n(C(C)C)c1=O)C2. The van der Waals surface area contributed by atoms with Gasteiger partial charge in [0.15, 0.2) is 0 Å². The Morgan fingerprint density at radius 3 is 2.45 bits per heavy atom. The Hall–Kier alpha value is -2.67. The Labute approximate surface area is 181 Å². The maximum absolute atomic E-state index is 13.1. The standard InChI is InChI=1S/C24H30N2O5/c1-4-30-22(27)14-25-17-9-10-18(25)13-19(12-17)31-24(29)20-11-16-7-5-6-8-21(16)26(15(2)3)23(20)28/h5-8,11,15,17-19H,4,9-10,12-14H2,1-3H3/t17-,18+,19?. The lowest BCUT2D eigenvalue weighted by molar-refractivity contribution is -0.146. The molecule has 1 aromatic heterocycles. The number of hydrogen-bond acceptors (Lipinski definition) is 6. The minimum absolute atomic E-state index is 0.0768. The summed E-state index contributed by atoms with van der Waals surface area (Å²) in [6.07, 6.45) is 3.06. The van der Waals surface area contributed by atoms with Gasteiger partial charge in [-0.05, 0) is 51.1 Å². The number of esters is 2. The van der Waals surface area contributed by atoms with Crippen LogP contribution in [0, 0.1) is 0 Å². The number of carbonyl (C=O) groups is 2. The monoisotopic (exact) mass is 426 g/mol.